The van der Waals surface area contributed by atoms with Crippen molar-refractivity contribution in [1.29, 1.82) is 0 Å². The average molecular weight is 347 g/mol. The second-order valence-electron chi connectivity index (χ2n) is 5.45. The van der Waals surface area contributed by atoms with Gasteiger partial charge in [-0.25, -0.2) is 8.42 Å². The first kappa shape index (κ1) is 18.0. The first-order valence-corrected chi connectivity index (χ1v) is 9.54. The van der Waals surface area contributed by atoms with Crippen molar-refractivity contribution in [2.45, 2.75) is 19.9 Å². The Balaban J connectivity index is 1.96. The molecule has 0 bridgehead atoms. The van der Waals surface area contributed by atoms with Crippen molar-refractivity contribution in [3.8, 4) is 11.5 Å². The Morgan fingerprint density at radius 1 is 1.04 bits per heavy atom. The molecule has 0 heterocycles. The third-order valence-corrected chi connectivity index (χ3v) is 5.11. The van der Waals surface area contributed by atoms with Crippen LogP contribution >= 0.6 is 0 Å². The number of rotatable bonds is 7. The first-order valence-electron chi connectivity index (χ1n) is 7.72. The van der Waals surface area contributed by atoms with Crippen LogP contribution in [0.5, 0.6) is 11.5 Å². The highest BCUT2D eigenvalue weighted by Gasteiger charge is 2.16. The fourth-order valence-corrected chi connectivity index (χ4v) is 2.80. The van der Waals surface area contributed by atoms with Crippen molar-refractivity contribution >= 4 is 15.7 Å². The summed E-state index contributed by atoms with van der Waals surface area (Å²) in [5.74, 6) is 0.422. The maximum Gasteiger partial charge on any atom is 0.235 e. The fraction of sp³-hybridized carbons (Fsp3) is 0.278. The molecule has 0 spiro atoms. The van der Waals surface area contributed by atoms with E-state index in [1.54, 1.807) is 0 Å². The number of sulfone groups is 1. The summed E-state index contributed by atoms with van der Waals surface area (Å²) >= 11 is 0. The molecule has 0 saturated heterocycles. The number of ether oxygens (including phenoxy) is 1. The lowest BCUT2D eigenvalue weighted by Gasteiger charge is -2.15. The van der Waals surface area contributed by atoms with Crippen LogP contribution < -0.4 is 10.1 Å². The maximum atomic E-state index is 11.8. The Morgan fingerprint density at radius 3 is 2.21 bits per heavy atom. The number of carbonyl (C=O) groups excluding carboxylic acids is 1. The highest BCUT2D eigenvalue weighted by molar-refractivity contribution is 7.92. The molecule has 0 aliphatic heterocycles. The van der Waals surface area contributed by atoms with Crippen LogP contribution in [0.1, 0.15) is 25.5 Å². The van der Waals surface area contributed by atoms with E-state index in [1.165, 1.54) is 6.92 Å². The average Bonchev–Trinajstić information content (AvgIpc) is 2.56. The van der Waals surface area contributed by atoms with Gasteiger partial charge in [-0.05, 0) is 36.8 Å². The molecule has 0 unspecified atom stereocenters. The summed E-state index contributed by atoms with van der Waals surface area (Å²) in [6, 6.07) is 16.5. The highest BCUT2D eigenvalue weighted by Crippen LogP contribution is 2.23. The smallest absolute Gasteiger partial charge is 0.235 e. The summed E-state index contributed by atoms with van der Waals surface area (Å²) in [7, 11) is -3.32. The van der Waals surface area contributed by atoms with Crippen LogP contribution in [0.2, 0.25) is 0 Å². The summed E-state index contributed by atoms with van der Waals surface area (Å²) < 4.78 is 28.6. The number of nitrogens with one attached hydrogen (secondary N) is 1. The van der Waals surface area contributed by atoms with E-state index in [4.69, 9.17) is 4.74 Å². The second-order valence-corrected chi connectivity index (χ2v) is 7.80. The molecule has 0 aromatic heterocycles. The maximum absolute atomic E-state index is 11.8. The van der Waals surface area contributed by atoms with Gasteiger partial charge in [0.1, 0.15) is 17.3 Å². The molecule has 2 aromatic carbocycles. The molecule has 0 radical (unpaired) electrons. The number of carbonyl (C=O) groups is 1. The van der Waals surface area contributed by atoms with Gasteiger partial charge in [-0.3, -0.25) is 4.79 Å². The van der Waals surface area contributed by atoms with E-state index in [-0.39, 0.29) is 11.8 Å². The van der Waals surface area contributed by atoms with Gasteiger partial charge in [0, 0.05) is 5.75 Å². The number of amides is 1. The standard InChI is InChI=1S/C18H21NO4S/c1-3-24(21,22)13-18(20)19-14(2)15-9-11-17(12-10-15)23-16-7-5-4-6-8-16/h4-12,14H,3,13H2,1-2H3,(H,19,20)/t14-/m1/s1. The monoisotopic (exact) mass is 347 g/mol. The topological polar surface area (TPSA) is 72.5 Å². The van der Waals surface area contributed by atoms with E-state index < -0.39 is 21.5 Å². The zero-order valence-corrected chi connectivity index (χ0v) is 14.5. The molecule has 0 aliphatic rings. The summed E-state index contributed by atoms with van der Waals surface area (Å²) in [4.78, 5) is 11.8. The minimum atomic E-state index is -3.32. The van der Waals surface area contributed by atoms with Crippen LogP contribution in [-0.2, 0) is 14.6 Å². The third-order valence-electron chi connectivity index (χ3n) is 3.53. The summed E-state index contributed by atoms with van der Waals surface area (Å²) in [5, 5.41) is 2.70. The highest BCUT2D eigenvalue weighted by atomic mass is 32.2. The van der Waals surface area contributed by atoms with Crippen LogP contribution in [-0.4, -0.2) is 25.8 Å². The molecule has 1 N–H and O–H groups in total. The molecule has 128 valence electrons. The number of hydrogen-bond acceptors (Lipinski definition) is 4. The van der Waals surface area contributed by atoms with Gasteiger partial charge in [0.2, 0.25) is 5.91 Å². The lowest BCUT2D eigenvalue weighted by molar-refractivity contribution is -0.119. The van der Waals surface area contributed by atoms with Crippen LogP contribution in [0.3, 0.4) is 0 Å². The van der Waals surface area contributed by atoms with Crippen molar-refractivity contribution in [2.75, 3.05) is 11.5 Å². The Labute approximate surface area is 142 Å². The van der Waals surface area contributed by atoms with Gasteiger partial charge in [-0.2, -0.15) is 0 Å². The number of benzene rings is 2. The normalized spacial score (nSPS) is 12.4. The van der Waals surface area contributed by atoms with E-state index in [0.29, 0.717) is 5.75 Å². The molecule has 1 atom stereocenters. The minimum absolute atomic E-state index is 0.0413. The van der Waals surface area contributed by atoms with Crippen molar-refractivity contribution in [3.05, 3.63) is 60.2 Å². The molecule has 24 heavy (non-hydrogen) atoms. The number of hydrogen-bond donors (Lipinski definition) is 1. The van der Waals surface area contributed by atoms with Crippen molar-refractivity contribution in [1.82, 2.24) is 5.32 Å². The summed E-state index contributed by atoms with van der Waals surface area (Å²) in [6.45, 7) is 3.33. The molecule has 2 aromatic rings. The van der Waals surface area contributed by atoms with Gasteiger partial charge in [-0.1, -0.05) is 37.3 Å². The molecule has 0 fully saturated rings. The molecule has 6 heteroatoms. The van der Waals surface area contributed by atoms with E-state index in [2.05, 4.69) is 5.32 Å². The van der Waals surface area contributed by atoms with Crippen LogP contribution in [0.25, 0.3) is 0 Å². The Kier molecular flexibility index (Phi) is 5.98. The quantitative estimate of drug-likeness (QED) is 0.835. The Hall–Kier alpha value is -2.34. The van der Waals surface area contributed by atoms with Gasteiger partial charge in [0.25, 0.3) is 0 Å². The Bertz CT molecular complexity index is 770. The van der Waals surface area contributed by atoms with Crippen molar-refractivity contribution in [2.24, 2.45) is 0 Å². The molecule has 1 amide bonds. The molecular weight excluding hydrogens is 326 g/mol. The van der Waals surface area contributed by atoms with Gasteiger partial charge < -0.3 is 10.1 Å². The summed E-state index contributed by atoms with van der Waals surface area (Å²) in [6.07, 6.45) is 0. The predicted molar refractivity (Wildman–Crippen MR) is 93.8 cm³/mol. The van der Waals surface area contributed by atoms with Crippen LogP contribution in [0.4, 0.5) is 0 Å². The predicted octanol–water partition coefficient (Wildman–Crippen LogP) is 3.09. The van der Waals surface area contributed by atoms with Crippen molar-refractivity contribution < 1.29 is 17.9 Å². The largest absolute Gasteiger partial charge is 0.457 e. The van der Waals surface area contributed by atoms with E-state index in [1.807, 2.05) is 61.5 Å². The summed E-state index contributed by atoms with van der Waals surface area (Å²) in [5.41, 5.74) is 0.873. The van der Waals surface area contributed by atoms with Gasteiger partial charge in [0.15, 0.2) is 9.84 Å². The van der Waals surface area contributed by atoms with Gasteiger partial charge in [-0.15, -0.1) is 0 Å². The zero-order chi connectivity index (χ0) is 17.6. The van der Waals surface area contributed by atoms with E-state index >= 15 is 0 Å². The minimum Gasteiger partial charge on any atom is -0.457 e. The molecule has 5 nitrogen and oxygen atoms in total. The molecule has 0 saturated carbocycles. The lowest BCUT2D eigenvalue weighted by Crippen LogP contribution is -2.32. The third kappa shape index (κ3) is 5.38. The lowest BCUT2D eigenvalue weighted by atomic mass is 10.1. The molecule has 0 aliphatic carbocycles. The van der Waals surface area contributed by atoms with Crippen molar-refractivity contribution in [3.63, 3.8) is 0 Å². The fourth-order valence-electron chi connectivity index (χ4n) is 2.12. The zero-order valence-electron chi connectivity index (χ0n) is 13.7. The SMILES string of the molecule is CCS(=O)(=O)CC(=O)N[C@H](C)c1ccc(Oc2ccccc2)cc1. The number of para-hydroxylation sites is 1. The molecule has 2 rings (SSSR count). The first-order chi connectivity index (χ1) is 11.4. The van der Waals surface area contributed by atoms with Crippen LogP contribution in [0, 0.1) is 0 Å². The second kappa shape index (κ2) is 7.97. The Morgan fingerprint density at radius 2 is 1.62 bits per heavy atom. The molecular formula is C18H21NO4S. The van der Waals surface area contributed by atoms with E-state index in [0.717, 1.165) is 11.3 Å². The van der Waals surface area contributed by atoms with E-state index in [9.17, 15) is 13.2 Å². The van der Waals surface area contributed by atoms with Gasteiger partial charge >= 0.3 is 0 Å². The van der Waals surface area contributed by atoms with Crippen LogP contribution in [0.15, 0.2) is 54.6 Å². The van der Waals surface area contributed by atoms with Gasteiger partial charge in [0.05, 0.1) is 6.04 Å².